The predicted octanol–water partition coefficient (Wildman–Crippen LogP) is 0.731. The Morgan fingerprint density at radius 3 is 2.68 bits per heavy atom. The normalized spacial score (nSPS) is 27.2. The Bertz CT molecular complexity index is 636. The van der Waals surface area contributed by atoms with Crippen molar-refractivity contribution in [2.45, 2.75) is 24.7 Å². The van der Waals surface area contributed by atoms with Crippen molar-refractivity contribution in [2.75, 3.05) is 11.9 Å². The summed E-state index contributed by atoms with van der Waals surface area (Å²) in [4.78, 5) is 35.7. The van der Waals surface area contributed by atoms with Crippen LogP contribution in [0.4, 0.5) is 10.5 Å². The molecular weight excluding hydrogens is 292 g/mol. The van der Waals surface area contributed by atoms with E-state index in [1.165, 1.54) is 0 Å². The molecule has 1 aromatic carbocycles. The van der Waals surface area contributed by atoms with Gasteiger partial charge in [-0.25, -0.2) is 9.59 Å². The molecule has 2 aliphatic heterocycles. The smallest absolute Gasteiger partial charge is 0.408 e. The number of anilines is 1. The van der Waals surface area contributed by atoms with Crippen LogP contribution >= 0.6 is 0 Å². The fourth-order valence-corrected chi connectivity index (χ4v) is 2.85. The highest BCUT2D eigenvalue weighted by atomic mass is 16.5. The van der Waals surface area contributed by atoms with Crippen LogP contribution in [0, 0.1) is 0 Å². The Balaban J connectivity index is 1.93. The molecule has 22 heavy (non-hydrogen) atoms. The van der Waals surface area contributed by atoms with E-state index in [-0.39, 0.29) is 19.6 Å². The van der Waals surface area contributed by atoms with Crippen LogP contribution in [0.25, 0.3) is 0 Å². The van der Waals surface area contributed by atoms with E-state index in [4.69, 9.17) is 9.84 Å². The lowest BCUT2D eigenvalue weighted by molar-refractivity contribution is -0.143. The van der Waals surface area contributed by atoms with Gasteiger partial charge < -0.3 is 20.3 Å². The number of hydrogen-bond donors (Lipinski definition) is 3. The van der Waals surface area contributed by atoms with Gasteiger partial charge in [0.05, 0.1) is 13.2 Å². The molecular formula is C14H14N2O6. The molecule has 2 amide bonds. The molecule has 0 bridgehead atoms. The summed E-state index contributed by atoms with van der Waals surface area (Å²) >= 11 is 0. The molecule has 2 aliphatic rings. The molecule has 0 aromatic heterocycles. The summed E-state index contributed by atoms with van der Waals surface area (Å²) in [5.41, 5.74) is -0.140. The number of rotatable bonds is 1. The number of fused-ring (bicyclic) bond motifs is 1. The number of carboxylic acid groups (broad SMARTS) is 2. The zero-order valence-electron chi connectivity index (χ0n) is 11.5. The van der Waals surface area contributed by atoms with Gasteiger partial charge in [0.25, 0.3) is 5.91 Å². The van der Waals surface area contributed by atoms with Crippen molar-refractivity contribution >= 4 is 23.7 Å². The van der Waals surface area contributed by atoms with Crippen molar-refractivity contribution in [3.05, 3.63) is 29.8 Å². The van der Waals surface area contributed by atoms with Crippen molar-refractivity contribution in [1.82, 2.24) is 4.90 Å². The third-order valence-electron chi connectivity index (χ3n) is 4.04. The summed E-state index contributed by atoms with van der Waals surface area (Å²) in [6.07, 6.45) is -1.60. The minimum absolute atomic E-state index is 0.106. The SMILES string of the molecule is O=C(O)[C@@H]1CC2(CN1C(=O)O)OCc1ccccc1NC2=O. The van der Waals surface area contributed by atoms with E-state index < -0.39 is 29.6 Å². The highest BCUT2D eigenvalue weighted by molar-refractivity contribution is 6.00. The van der Waals surface area contributed by atoms with Gasteiger partial charge in [-0.2, -0.15) is 0 Å². The molecule has 2 heterocycles. The Morgan fingerprint density at radius 2 is 2.05 bits per heavy atom. The zero-order chi connectivity index (χ0) is 15.9. The first-order chi connectivity index (χ1) is 10.4. The fraction of sp³-hybridized carbons (Fsp3) is 0.357. The second kappa shape index (κ2) is 4.99. The van der Waals surface area contributed by atoms with E-state index >= 15 is 0 Å². The number of para-hydroxylation sites is 1. The number of hydrogen-bond acceptors (Lipinski definition) is 4. The molecule has 2 atom stereocenters. The molecule has 116 valence electrons. The summed E-state index contributed by atoms with van der Waals surface area (Å²) in [6, 6.07) is 5.76. The Kier molecular flexibility index (Phi) is 3.25. The summed E-state index contributed by atoms with van der Waals surface area (Å²) in [7, 11) is 0. The Hall–Kier alpha value is -2.61. The van der Waals surface area contributed by atoms with Crippen molar-refractivity contribution < 1.29 is 29.3 Å². The number of aliphatic carboxylic acids is 1. The third-order valence-corrected chi connectivity index (χ3v) is 4.04. The van der Waals surface area contributed by atoms with Gasteiger partial charge in [0.2, 0.25) is 0 Å². The summed E-state index contributed by atoms with van der Waals surface area (Å²) in [6.45, 7) is -0.201. The molecule has 0 saturated carbocycles. The average molecular weight is 306 g/mol. The van der Waals surface area contributed by atoms with Crippen LogP contribution in [-0.2, 0) is 20.9 Å². The lowest BCUT2D eigenvalue weighted by Gasteiger charge is -2.24. The number of ether oxygens (including phenoxy) is 1. The monoisotopic (exact) mass is 306 g/mol. The Morgan fingerprint density at radius 1 is 1.32 bits per heavy atom. The predicted molar refractivity (Wildman–Crippen MR) is 73.4 cm³/mol. The maximum absolute atomic E-state index is 12.5. The summed E-state index contributed by atoms with van der Waals surface area (Å²) in [5, 5.41) is 21.0. The van der Waals surface area contributed by atoms with Crippen LogP contribution in [0.2, 0.25) is 0 Å². The van der Waals surface area contributed by atoms with Crippen molar-refractivity contribution in [1.29, 1.82) is 0 Å². The standard InChI is InChI=1S/C14H14N2O6/c17-11(18)10-5-14(7-16(10)13(20)21)12(19)15-9-4-2-1-3-8(9)6-22-14/h1-4,10H,5-7H2,(H,15,19)(H,17,18)(H,20,21)/t10-,14?/m0/s1. The molecule has 1 unspecified atom stereocenters. The molecule has 3 rings (SSSR count). The minimum atomic E-state index is -1.49. The van der Waals surface area contributed by atoms with Crippen molar-refractivity contribution in [3.63, 3.8) is 0 Å². The van der Waals surface area contributed by atoms with E-state index in [0.29, 0.717) is 5.69 Å². The minimum Gasteiger partial charge on any atom is -0.480 e. The van der Waals surface area contributed by atoms with Gasteiger partial charge in [0.15, 0.2) is 5.60 Å². The molecule has 1 saturated heterocycles. The lowest BCUT2D eigenvalue weighted by atomic mass is 9.99. The van der Waals surface area contributed by atoms with Crippen molar-refractivity contribution in [2.24, 2.45) is 0 Å². The quantitative estimate of drug-likeness (QED) is 0.704. The third kappa shape index (κ3) is 2.17. The number of nitrogens with zero attached hydrogens (tertiary/aromatic N) is 1. The second-order valence-electron chi connectivity index (χ2n) is 5.36. The molecule has 8 nitrogen and oxygen atoms in total. The van der Waals surface area contributed by atoms with Gasteiger partial charge >= 0.3 is 12.1 Å². The highest BCUT2D eigenvalue weighted by Gasteiger charge is 2.55. The number of likely N-dealkylation sites (tertiary alicyclic amines) is 1. The molecule has 1 spiro atoms. The van der Waals surface area contributed by atoms with Crippen LogP contribution in [0.15, 0.2) is 24.3 Å². The maximum Gasteiger partial charge on any atom is 0.408 e. The second-order valence-corrected chi connectivity index (χ2v) is 5.36. The first kappa shape index (κ1) is 14.3. The molecule has 3 N–H and O–H groups in total. The van der Waals surface area contributed by atoms with E-state index in [1.54, 1.807) is 24.3 Å². The van der Waals surface area contributed by atoms with Gasteiger partial charge in [-0.05, 0) is 6.07 Å². The Labute approximate surface area is 125 Å². The van der Waals surface area contributed by atoms with Gasteiger partial charge in [0, 0.05) is 17.7 Å². The summed E-state index contributed by atoms with van der Waals surface area (Å²) < 4.78 is 5.67. The van der Waals surface area contributed by atoms with Crippen LogP contribution in [0.1, 0.15) is 12.0 Å². The molecule has 0 radical (unpaired) electrons. The average Bonchev–Trinajstić information content (AvgIpc) is 2.82. The van der Waals surface area contributed by atoms with E-state index in [1.807, 2.05) is 0 Å². The molecule has 0 aliphatic carbocycles. The largest absolute Gasteiger partial charge is 0.480 e. The topological polar surface area (TPSA) is 116 Å². The van der Waals surface area contributed by atoms with Crippen LogP contribution in [0.5, 0.6) is 0 Å². The van der Waals surface area contributed by atoms with Gasteiger partial charge in [-0.1, -0.05) is 18.2 Å². The van der Waals surface area contributed by atoms with Crippen LogP contribution in [-0.4, -0.2) is 51.3 Å². The van der Waals surface area contributed by atoms with E-state index in [0.717, 1.165) is 10.5 Å². The number of carbonyl (C=O) groups is 3. The van der Waals surface area contributed by atoms with Gasteiger partial charge in [0.1, 0.15) is 6.04 Å². The highest BCUT2D eigenvalue weighted by Crippen LogP contribution is 2.36. The maximum atomic E-state index is 12.5. The van der Waals surface area contributed by atoms with Gasteiger partial charge in [-0.15, -0.1) is 0 Å². The van der Waals surface area contributed by atoms with Crippen LogP contribution < -0.4 is 5.32 Å². The zero-order valence-corrected chi connectivity index (χ0v) is 11.5. The van der Waals surface area contributed by atoms with E-state index in [9.17, 15) is 19.5 Å². The fourth-order valence-electron chi connectivity index (χ4n) is 2.85. The van der Waals surface area contributed by atoms with E-state index in [2.05, 4.69) is 5.32 Å². The number of carbonyl (C=O) groups excluding carboxylic acids is 1. The molecule has 1 aromatic rings. The molecule has 1 fully saturated rings. The van der Waals surface area contributed by atoms with Crippen molar-refractivity contribution in [3.8, 4) is 0 Å². The first-order valence-electron chi connectivity index (χ1n) is 6.69. The first-order valence-corrected chi connectivity index (χ1v) is 6.69. The number of nitrogens with one attached hydrogen (secondary N) is 1. The molecule has 8 heteroatoms. The number of benzene rings is 1. The summed E-state index contributed by atoms with van der Waals surface area (Å²) in [5.74, 6) is -1.81. The lowest BCUT2D eigenvalue weighted by Crippen LogP contribution is -2.47. The number of amides is 2. The van der Waals surface area contributed by atoms with Crippen LogP contribution in [0.3, 0.4) is 0 Å². The number of carboxylic acids is 1. The van der Waals surface area contributed by atoms with Gasteiger partial charge in [-0.3, -0.25) is 9.69 Å².